The number of carbonyl (C=O) groups is 2. The zero-order chi connectivity index (χ0) is 13.2. The molecule has 3 heterocycles. The summed E-state index contributed by atoms with van der Waals surface area (Å²) < 4.78 is 0. The van der Waals surface area contributed by atoms with Gasteiger partial charge in [-0.2, -0.15) is 0 Å². The summed E-state index contributed by atoms with van der Waals surface area (Å²) in [4.78, 5) is 26.0. The minimum absolute atomic E-state index is 0.0194. The molecule has 0 aromatic carbocycles. The van der Waals surface area contributed by atoms with Crippen molar-refractivity contribution in [2.75, 3.05) is 19.6 Å². The molecule has 3 saturated heterocycles. The van der Waals surface area contributed by atoms with Gasteiger partial charge in [0.2, 0.25) is 11.8 Å². The summed E-state index contributed by atoms with van der Waals surface area (Å²) >= 11 is 0. The van der Waals surface area contributed by atoms with Gasteiger partial charge in [0.1, 0.15) is 0 Å². The molecule has 0 saturated carbocycles. The Morgan fingerprint density at radius 2 is 2.11 bits per heavy atom. The second-order valence-corrected chi connectivity index (χ2v) is 6.00. The lowest BCUT2D eigenvalue weighted by Crippen LogP contribution is -2.54. The second kappa shape index (κ2) is 5.49. The van der Waals surface area contributed by atoms with Crippen LogP contribution >= 0.6 is 0 Å². The van der Waals surface area contributed by atoms with E-state index < -0.39 is 0 Å². The highest BCUT2D eigenvalue weighted by Crippen LogP contribution is 2.26. The van der Waals surface area contributed by atoms with Crippen LogP contribution in [0.15, 0.2) is 0 Å². The first-order chi connectivity index (χ1) is 9.25. The molecule has 3 aliphatic rings. The van der Waals surface area contributed by atoms with Crippen LogP contribution in [0.1, 0.15) is 38.5 Å². The van der Waals surface area contributed by atoms with Crippen molar-refractivity contribution in [3.63, 3.8) is 0 Å². The van der Waals surface area contributed by atoms with Gasteiger partial charge in [-0.15, -0.1) is 0 Å². The molecule has 0 spiro atoms. The van der Waals surface area contributed by atoms with Crippen molar-refractivity contribution in [3.8, 4) is 0 Å². The van der Waals surface area contributed by atoms with Gasteiger partial charge in [-0.1, -0.05) is 0 Å². The number of amides is 2. The van der Waals surface area contributed by atoms with Gasteiger partial charge < -0.3 is 15.5 Å². The smallest absolute Gasteiger partial charge is 0.228 e. The molecule has 2 amide bonds. The monoisotopic (exact) mass is 265 g/mol. The molecule has 19 heavy (non-hydrogen) atoms. The molecule has 5 nitrogen and oxygen atoms in total. The minimum Gasteiger partial charge on any atom is -0.355 e. The van der Waals surface area contributed by atoms with Crippen LogP contribution in [0.5, 0.6) is 0 Å². The maximum Gasteiger partial charge on any atom is 0.228 e. The first-order valence-corrected chi connectivity index (χ1v) is 7.56. The van der Waals surface area contributed by atoms with Crippen LogP contribution in [0.25, 0.3) is 0 Å². The van der Waals surface area contributed by atoms with Crippen molar-refractivity contribution in [2.45, 2.75) is 50.6 Å². The third-order valence-electron chi connectivity index (χ3n) is 4.72. The highest BCUT2D eigenvalue weighted by Gasteiger charge is 2.38. The molecule has 3 atom stereocenters. The lowest BCUT2D eigenvalue weighted by atomic mass is 9.92. The molecule has 0 radical (unpaired) electrons. The lowest BCUT2D eigenvalue weighted by Gasteiger charge is -2.40. The minimum atomic E-state index is -0.130. The molecule has 0 bridgehead atoms. The molecule has 0 aliphatic carbocycles. The Bertz CT molecular complexity index is 366. The lowest BCUT2D eigenvalue weighted by molar-refractivity contribution is -0.140. The summed E-state index contributed by atoms with van der Waals surface area (Å²) in [6, 6.07) is 0.814. The van der Waals surface area contributed by atoms with Crippen LogP contribution in [0, 0.1) is 5.92 Å². The fourth-order valence-electron chi connectivity index (χ4n) is 3.70. The summed E-state index contributed by atoms with van der Waals surface area (Å²) in [5.74, 6) is 0.0807. The molecule has 0 aromatic heterocycles. The predicted octanol–water partition coefficient (Wildman–Crippen LogP) is 0.256. The standard InChI is InChI=1S/C14H23N3O2/c18-13-8-10(9-16-13)14(19)17-7-2-1-5-12(17)11-4-3-6-15-11/h10-12,15H,1-9H2,(H,16,18). The van der Waals surface area contributed by atoms with Gasteiger partial charge in [0.15, 0.2) is 0 Å². The van der Waals surface area contributed by atoms with Crippen LogP contribution in [-0.4, -0.2) is 48.4 Å². The fraction of sp³-hybridized carbons (Fsp3) is 0.857. The van der Waals surface area contributed by atoms with Crippen LogP contribution < -0.4 is 10.6 Å². The molecule has 2 N–H and O–H groups in total. The summed E-state index contributed by atoms with van der Waals surface area (Å²) in [5, 5.41) is 6.31. The van der Waals surface area contributed by atoms with Gasteiger partial charge >= 0.3 is 0 Å². The highest BCUT2D eigenvalue weighted by molar-refractivity contribution is 5.89. The summed E-state index contributed by atoms with van der Waals surface area (Å²) in [6.45, 7) is 2.47. The predicted molar refractivity (Wildman–Crippen MR) is 71.5 cm³/mol. The van der Waals surface area contributed by atoms with Crippen molar-refractivity contribution >= 4 is 11.8 Å². The van der Waals surface area contributed by atoms with Crippen LogP contribution in [0.4, 0.5) is 0 Å². The van der Waals surface area contributed by atoms with Crippen molar-refractivity contribution in [3.05, 3.63) is 0 Å². The SMILES string of the molecule is O=C1CC(C(=O)N2CCCCC2C2CCCN2)CN1. The average Bonchev–Trinajstić information content (AvgIpc) is 3.09. The third kappa shape index (κ3) is 2.61. The molecule has 3 rings (SSSR count). The van der Waals surface area contributed by atoms with E-state index in [9.17, 15) is 9.59 Å². The summed E-state index contributed by atoms with van der Waals surface area (Å²) in [5.41, 5.74) is 0. The van der Waals surface area contributed by atoms with Gasteiger partial charge in [-0.05, 0) is 38.6 Å². The molecule has 3 unspecified atom stereocenters. The number of hydrogen-bond donors (Lipinski definition) is 2. The molecule has 5 heteroatoms. The Morgan fingerprint density at radius 1 is 1.21 bits per heavy atom. The van der Waals surface area contributed by atoms with E-state index in [1.54, 1.807) is 0 Å². The molecule has 3 aliphatic heterocycles. The van der Waals surface area contributed by atoms with Gasteiger partial charge in [-0.3, -0.25) is 9.59 Å². The van der Waals surface area contributed by atoms with E-state index in [1.165, 1.54) is 19.3 Å². The number of piperidine rings is 1. The Balaban J connectivity index is 1.68. The van der Waals surface area contributed by atoms with Gasteiger partial charge in [0, 0.05) is 31.6 Å². The van der Waals surface area contributed by atoms with Gasteiger partial charge in [-0.25, -0.2) is 0 Å². The Hall–Kier alpha value is -1.10. The van der Waals surface area contributed by atoms with E-state index in [1.807, 2.05) is 0 Å². The van der Waals surface area contributed by atoms with Crippen molar-refractivity contribution in [1.82, 2.24) is 15.5 Å². The number of nitrogens with zero attached hydrogens (tertiary/aromatic N) is 1. The van der Waals surface area contributed by atoms with E-state index in [4.69, 9.17) is 0 Å². The second-order valence-electron chi connectivity index (χ2n) is 6.00. The topological polar surface area (TPSA) is 61.4 Å². The number of carbonyl (C=O) groups excluding carboxylic acids is 2. The van der Waals surface area contributed by atoms with Crippen molar-refractivity contribution in [2.24, 2.45) is 5.92 Å². The normalized spacial score (nSPS) is 35.5. The summed E-state index contributed by atoms with van der Waals surface area (Å²) in [6.07, 6.45) is 6.19. The highest BCUT2D eigenvalue weighted by atomic mass is 16.2. The van der Waals surface area contributed by atoms with Crippen molar-refractivity contribution < 1.29 is 9.59 Å². The summed E-state index contributed by atoms with van der Waals surface area (Å²) in [7, 11) is 0. The third-order valence-corrected chi connectivity index (χ3v) is 4.72. The zero-order valence-electron chi connectivity index (χ0n) is 11.4. The number of likely N-dealkylation sites (tertiary alicyclic amines) is 1. The van der Waals surface area contributed by atoms with E-state index in [0.717, 1.165) is 25.9 Å². The Kier molecular flexibility index (Phi) is 3.73. The van der Waals surface area contributed by atoms with E-state index in [2.05, 4.69) is 15.5 Å². The first kappa shape index (κ1) is 12.9. The first-order valence-electron chi connectivity index (χ1n) is 7.56. The molecular weight excluding hydrogens is 242 g/mol. The zero-order valence-corrected chi connectivity index (χ0v) is 11.4. The van der Waals surface area contributed by atoms with Crippen LogP contribution in [-0.2, 0) is 9.59 Å². The van der Waals surface area contributed by atoms with Crippen molar-refractivity contribution in [1.29, 1.82) is 0 Å². The van der Waals surface area contributed by atoms with Gasteiger partial charge in [0.05, 0.1) is 5.92 Å². The van der Waals surface area contributed by atoms with E-state index >= 15 is 0 Å². The number of nitrogens with one attached hydrogen (secondary N) is 2. The number of rotatable bonds is 2. The molecule has 0 aromatic rings. The largest absolute Gasteiger partial charge is 0.355 e. The quantitative estimate of drug-likeness (QED) is 0.752. The maximum atomic E-state index is 12.6. The van der Waals surface area contributed by atoms with Crippen LogP contribution in [0.2, 0.25) is 0 Å². The fourth-order valence-corrected chi connectivity index (χ4v) is 3.70. The Labute approximate surface area is 114 Å². The average molecular weight is 265 g/mol. The van der Waals surface area contributed by atoms with E-state index in [0.29, 0.717) is 25.0 Å². The molecule has 106 valence electrons. The van der Waals surface area contributed by atoms with Gasteiger partial charge in [0.25, 0.3) is 0 Å². The maximum absolute atomic E-state index is 12.6. The molecular formula is C14H23N3O2. The molecule has 3 fully saturated rings. The Morgan fingerprint density at radius 3 is 2.79 bits per heavy atom. The number of hydrogen-bond acceptors (Lipinski definition) is 3. The van der Waals surface area contributed by atoms with E-state index in [-0.39, 0.29) is 17.7 Å². The van der Waals surface area contributed by atoms with Crippen LogP contribution in [0.3, 0.4) is 0 Å².